The molecule has 0 saturated heterocycles. The maximum absolute atomic E-state index is 11.4. The van der Waals surface area contributed by atoms with E-state index in [-0.39, 0.29) is 5.41 Å². The van der Waals surface area contributed by atoms with Gasteiger partial charge in [0.2, 0.25) is 0 Å². The molecule has 2 saturated carbocycles. The van der Waals surface area contributed by atoms with E-state index in [2.05, 4.69) is 34.3 Å². The van der Waals surface area contributed by atoms with Gasteiger partial charge in [-0.15, -0.1) is 6.58 Å². The molecule has 2 aliphatic carbocycles. The zero-order valence-electron chi connectivity index (χ0n) is 12.6. The van der Waals surface area contributed by atoms with Crippen molar-refractivity contribution in [2.24, 2.45) is 22.7 Å². The minimum atomic E-state index is -0.546. The predicted octanol–water partition coefficient (Wildman–Crippen LogP) is 4.56. The summed E-state index contributed by atoms with van der Waals surface area (Å²) in [5, 5.41) is 11.4. The summed E-state index contributed by atoms with van der Waals surface area (Å²) in [6.07, 6.45) is 8.86. The highest BCUT2D eigenvalue weighted by Gasteiger charge is 2.60. The molecule has 1 nitrogen and oxygen atoms in total. The highest BCUT2D eigenvalue weighted by Crippen LogP contribution is 2.63. The summed E-state index contributed by atoms with van der Waals surface area (Å²) in [5.74, 6) is 1.05. The summed E-state index contributed by atoms with van der Waals surface area (Å²) in [5.41, 5.74) is -0.0990. The molecule has 0 spiro atoms. The van der Waals surface area contributed by atoms with Gasteiger partial charge in [0.25, 0.3) is 0 Å². The molecule has 1 N–H and O–H groups in total. The second-order valence-corrected chi connectivity index (χ2v) is 7.71. The summed E-state index contributed by atoms with van der Waals surface area (Å²) in [7, 11) is 0. The van der Waals surface area contributed by atoms with Gasteiger partial charge in [0.1, 0.15) is 0 Å². The van der Waals surface area contributed by atoms with Crippen LogP contribution in [0.5, 0.6) is 0 Å². The Labute approximate surface area is 113 Å². The lowest BCUT2D eigenvalue weighted by atomic mass is 9.44. The van der Waals surface area contributed by atoms with Crippen LogP contribution in [-0.4, -0.2) is 10.7 Å². The fourth-order valence-corrected chi connectivity index (χ4v) is 5.22. The molecule has 104 valence electrons. The van der Waals surface area contributed by atoms with Crippen LogP contribution in [0.15, 0.2) is 12.7 Å². The van der Waals surface area contributed by atoms with Gasteiger partial charge in [-0.1, -0.05) is 40.2 Å². The normalized spacial score (nSPS) is 47.4. The second kappa shape index (κ2) is 4.37. The number of rotatable bonds is 2. The van der Waals surface area contributed by atoms with Gasteiger partial charge in [-0.05, 0) is 49.4 Å². The Morgan fingerprint density at radius 2 is 1.89 bits per heavy atom. The van der Waals surface area contributed by atoms with Crippen molar-refractivity contribution in [2.45, 2.75) is 71.8 Å². The van der Waals surface area contributed by atoms with E-state index in [1.165, 1.54) is 25.7 Å². The third-order valence-corrected chi connectivity index (χ3v) is 6.38. The van der Waals surface area contributed by atoms with Crippen LogP contribution in [0, 0.1) is 22.7 Å². The lowest BCUT2D eigenvalue weighted by molar-refractivity contribution is -0.206. The van der Waals surface area contributed by atoms with E-state index in [9.17, 15) is 5.11 Å². The van der Waals surface area contributed by atoms with Crippen molar-refractivity contribution in [3.63, 3.8) is 0 Å². The van der Waals surface area contributed by atoms with Crippen molar-refractivity contribution in [3.05, 3.63) is 12.7 Å². The van der Waals surface area contributed by atoms with Gasteiger partial charge in [0.05, 0.1) is 5.60 Å². The van der Waals surface area contributed by atoms with Crippen LogP contribution in [-0.2, 0) is 0 Å². The average Bonchev–Trinajstić information content (AvgIpc) is 2.25. The average molecular weight is 250 g/mol. The van der Waals surface area contributed by atoms with Gasteiger partial charge in [0, 0.05) is 5.41 Å². The van der Waals surface area contributed by atoms with Crippen molar-refractivity contribution in [3.8, 4) is 0 Å². The molecule has 1 heteroatoms. The maximum atomic E-state index is 11.4. The fraction of sp³-hybridized carbons (Fsp3) is 0.882. The van der Waals surface area contributed by atoms with Crippen molar-refractivity contribution in [1.82, 2.24) is 0 Å². The predicted molar refractivity (Wildman–Crippen MR) is 77.4 cm³/mol. The van der Waals surface area contributed by atoms with Gasteiger partial charge in [0.15, 0.2) is 0 Å². The maximum Gasteiger partial charge on any atom is 0.0763 e. The molecule has 2 fully saturated rings. The van der Waals surface area contributed by atoms with Crippen LogP contribution in [0.4, 0.5) is 0 Å². The van der Waals surface area contributed by atoms with Crippen LogP contribution in [0.2, 0.25) is 0 Å². The topological polar surface area (TPSA) is 20.2 Å². The summed E-state index contributed by atoms with van der Waals surface area (Å²) in [4.78, 5) is 0. The van der Waals surface area contributed by atoms with E-state index in [0.29, 0.717) is 17.3 Å². The van der Waals surface area contributed by atoms with Gasteiger partial charge in [-0.2, -0.15) is 0 Å². The largest absolute Gasteiger partial charge is 0.389 e. The molecular formula is C17H30O. The molecule has 0 heterocycles. The standard InChI is InChI=1S/C17H30O/c1-6-10-17(18)13(2)8-9-14-15(3,4)11-7-12-16(14,17)5/h6,13-14,18H,1,7-12H2,2-5H3/t13-,14?,16-,17+/m0/s1. The first kappa shape index (κ1) is 14.1. The van der Waals surface area contributed by atoms with Gasteiger partial charge >= 0.3 is 0 Å². The van der Waals surface area contributed by atoms with Gasteiger partial charge < -0.3 is 5.11 Å². The summed E-state index contributed by atoms with van der Waals surface area (Å²) >= 11 is 0. The van der Waals surface area contributed by atoms with Crippen molar-refractivity contribution in [1.29, 1.82) is 0 Å². The van der Waals surface area contributed by atoms with E-state index in [1.54, 1.807) is 0 Å². The van der Waals surface area contributed by atoms with Crippen LogP contribution < -0.4 is 0 Å². The fourth-order valence-electron chi connectivity index (χ4n) is 5.22. The molecular weight excluding hydrogens is 220 g/mol. The molecule has 0 aliphatic heterocycles. The SMILES string of the molecule is C=CC[C@@]1(O)[C@@H](C)CCC2C(C)(C)CCC[C@@]21C. The molecule has 0 amide bonds. The van der Waals surface area contributed by atoms with E-state index in [1.807, 2.05) is 6.08 Å². The summed E-state index contributed by atoms with van der Waals surface area (Å²) in [6, 6.07) is 0. The Morgan fingerprint density at radius 3 is 2.50 bits per heavy atom. The van der Waals surface area contributed by atoms with Gasteiger partial charge in [-0.25, -0.2) is 0 Å². The summed E-state index contributed by atoms with van der Waals surface area (Å²) < 4.78 is 0. The second-order valence-electron chi connectivity index (χ2n) is 7.71. The Kier molecular flexibility index (Phi) is 3.43. The van der Waals surface area contributed by atoms with E-state index in [4.69, 9.17) is 0 Å². The first-order valence-corrected chi connectivity index (χ1v) is 7.61. The molecule has 0 aromatic carbocycles. The van der Waals surface area contributed by atoms with Crippen LogP contribution in [0.1, 0.15) is 66.2 Å². The number of aliphatic hydroxyl groups is 1. The van der Waals surface area contributed by atoms with Crippen molar-refractivity contribution in [2.75, 3.05) is 0 Å². The van der Waals surface area contributed by atoms with Crippen molar-refractivity contribution >= 4 is 0 Å². The minimum Gasteiger partial charge on any atom is -0.389 e. The van der Waals surface area contributed by atoms with Crippen LogP contribution in [0.3, 0.4) is 0 Å². The van der Waals surface area contributed by atoms with E-state index in [0.717, 1.165) is 12.8 Å². The first-order valence-electron chi connectivity index (χ1n) is 7.61. The molecule has 0 aromatic rings. The number of hydrogen-bond acceptors (Lipinski definition) is 1. The van der Waals surface area contributed by atoms with E-state index < -0.39 is 5.60 Å². The highest BCUT2D eigenvalue weighted by atomic mass is 16.3. The lowest BCUT2D eigenvalue weighted by Gasteiger charge is -2.63. The smallest absolute Gasteiger partial charge is 0.0763 e. The molecule has 0 bridgehead atoms. The van der Waals surface area contributed by atoms with Crippen LogP contribution in [0.25, 0.3) is 0 Å². The highest BCUT2D eigenvalue weighted by molar-refractivity contribution is 5.12. The first-order chi connectivity index (χ1) is 8.28. The monoisotopic (exact) mass is 250 g/mol. The molecule has 0 radical (unpaired) electrons. The van der Waals surface area contributed by atoms with Crippen molar-refractivity contribution < 1.29 is 5.11 Å². The molecule has 2 aliphatic rings. The molecule has 2 rings (SSSR count). The summed E-state index contributed by atoms with van der Waals surface area (Å²) in [6.45, 7) is 13.3. The quantitative estimate of drug-likeness (QED) is 0.713. The number of hydrogen-bond donors (Lipinski definition) is 1. The van der Waals surface area contributed by atoms with E-state index >= 15 is 0 Å². The third kappa shape index (κ3) is 1.78. The molecule has 4 atom stereocenters. The lowest BCUT2D eigenvalue weighted by Crippen LogP contribution is -2.62. The molecule has 1 unspecified atom stereocenters. The Hall–Kier alpha value is -0.300. The third-order valence-electron chi connectivity index (χ3n) is 6.38. The molecule has 18 heavy (non-hydrogen) atoms. The minimum absolute atomic E-state index is 0.0700. The van der Waals surface area contributed by atoms with Crippen LogP contribution >= 0.6 is 0 Å². The zero-order valence-corrected chi connectivity index (χ0v) is 12.6. The Morgan fingerprint density at radius 1 is 1.22 bits per heavy atom. The van der Waals surface area contributed by atoms with Gasteiger partial charge in [-0.3, -0.25) is 0 Å². The zero-order chi connectivity index (χ0) is 13.6. The molecule has 0 aromatic heterocycles. The Bertz CT molecular complexity index is 333. The Balaban J connectivity index is 2.43. The number of fused-ring (bicyclic) bond motifs is 1.